The number of alkyl halides is 1. The summed E-state index contributed by atoms with van der Waals surface area (Å²) in [6.07, 6.45) is 0.832. The topological polar surface area (TPSA) is 51.2 Å². The molecule has 88 valence electrons. The van der Waals surface area contributed by atoms with Gasteiger partial charge in [-0.25, -0.2) is 12.8 Å². The van der Waals surface area contributed by atoms with Crippen LogP contribution in [0.25, 0.3) is 0 Å². The lowest BCUT2D eigenvalue weighted by molar-refractivity contribution is 0.0974. The van der Waals surface area contributed by atoms with Gasteiger partial charge in [0.15, 0.2) is 9.84 Å². The number of Topliss-reactive ketones (excluding diaryl/α,β-unsaturated/α-hetero) is 1. The van der Waals surface area contributed by atoms with Crippen LogP contribution in [0, 0.1) is 5.82 Å². The lowest BCUT2D eigenvalue weighted by Crippen LogP contribution is -2.37. The molecule has 0 saturated heterocycles. The van der Waals surface area contributed by atoms with Crippen LogP contribution < -0.4 is 0 Å². The van der Waals surface area contributed by atoms with E-state index in [0.29, 0.717) is 0 Å². The number of hydrogen-bond donors (Lipinski definition) is 0. The van der Waals surface area contributed by atoms with Crippen LogP contribution in [-0.4, -0.2) is 24.7 Å². The predicted octanol–water partition coefficient (Wildman–Crippen LogP) is 2.01. The smallest absolute Gasteiger partial charge is 0.204 e. The molecule has 0 heterocycles. The van der Waals surface area contributed by atoms with E-state index in [1.165, 1.54) is 18.2 Å². The van der Waals surface area contributed by atoms with Crippen LogP contribution >= 0.6 is 11.6 Å². The number of carbonyl (C=O) groups excluding carboxylic acids is 1. The molecule has 0 bridgehead atoms. The van der Waals surface area contributed by atoms with Crippen molar-refractivity contribution in [3.63, 3.8) is 0 Å². The number of hydrogen-bond acceptors (Lipinski definition) is 3. The Labute approximate surface area is 98.1 Å². The van der Waals surface area contributed by atoms with Gasteiger partial charge in [0.05, 0.1) is 5.56 Å². The first kappa shape index (κ1) is 13.1. The minimum absolute atomic E-state index is 0.328. The van der Waals surface area contributed by atoms with E-state index in [9.17, 15) is 17.6 Å². The highest BCUT2D eigenvalue weighted by Gasteiger charge is 2.42. The molecule has 0 amide bonds. The van der Waals surface area contributed by atoms with Gasteiger partial charge in [-0.2, -0.15) is 0 Å². The molecule has 0 unspecified atom stereocenters. The highest BCUT2D eigenvalue weighted by atomic mass is 35.5. The van der Waals surface area contributed by atoms with Crippen molar-refractivity contribution in [2.75, 3.05) is 6.26 Å². The second-order valence-electron chi connectivity index (χ2n) is 3.50. The van der Waals surface area contributed by atoms with Crippen LogP contribution in [0.15, 0.2) is 24.3 Å². The van der Waals surface area contributed by atoms with E-state index in [4.69, 9.17) is 11.6 Å². The molecule has 0 fully saturated rings. The minimum Gasteiger partial charge on any atom is -0.291 e. The zero-order chi connectivity index (χ0) is 12.6. The number of rotatable bonds is 3. The molecule has 3 nitrogen and oxygen atoms in total. The Bertz CT molecular complexity index is 523. The van der Waals surface area contributed by atoms with Crippen molar-refractivity contribution >= 4 is 27.2 Å². The van der Waals surface area contributed by atoms with Gasteiger partial charge in [-0.3, -0.25) is 4.79 Å². The molecule has 6 heteroatoms. The average Bonchev–Trinajstić information content (AvgIpc) is 2.15. The SMILES string of the molecule is C[C@](Cl)(C(=O)c1ccccc1F)S(C)(=O)=O. The Morgan fingerprint density at radius 1 is 1.38 bits per heavy atom. The Morgan fingerprint density at radius 2 is 1.88 bits per heavy atom. The summed E-state index contributed by atoms with van der Waals surface area (Å²) in [5, 5.41) is 0. The molecule has 0 radical (unpaired) electrons. The molecule has 1 aromatic carbocycles. The molecule has 0 aliphatic carbocycles. The zero-order valence-electron chi connectivity index (χ0n) is 8.70. The summed E-state index contributed by atoms with van der Waals surface area (Å²) in [5.41, 5.74) is -0.328. The monoisotopic (exact) mass is 264 g/mol. The number of ketones is 1. The molecule has 1 aromatic rings. The van der Waals surface area contributed by atoms with Crippen molar-refractivity contribution in [2.45, 2.75) is 11.1 Å². The molecular weight excluding hydrogens is 255 g/mol. The van der Waals surface area contributed by atoms with Crippen molar-refractivity contribution in [2.24, 2.45) is 0 Å². The fourth-order valence-electron chi connectivity index (χ4n) is 1.05. The second kappa shape index (κ2) is 4.14. The molecule has 0 aromatic heterocycles. The third-order valence-electron chi connectivity index (χ3n) is 2.22. The lowest BCUT2D eigenvalue weighted by atomic mass is 10.1. The standard InChI is InChI=1S/C10H10ClFO3S/c1-10(11,16(2,14)15)9(13)7-5-3-4-6-8(7)12/h3-6H,1-2H3/t10-/m1/s1. The van der Waals surface area contributed by atoms with Crippen LogP contribution in [0.1, 0.15) is 17.3 Å². The van der Waals surface area contributed by atoms with Crippen LogP contribution in [0.2, 0.25) is 0 Å². The van der Waals surface area contributed by atoms with Gasteiger partial charge in [-0.15, -0.1) is 0 Å². The summed E-state index contributed by atoms with van der Waals surface area (Å²) < 4.78 is 33.7. The maximum absolute atomic E-state index is 13.3. The third kappa shape index (κ3) is 2.25. The zero-order valence-corrected chi connectivity index (χ0v) is 10.3. The van der Waals surface area contributed by atoms with E-state index in [0.717, 1.165) is 19.2 Å². The molecule has 0 saturated carbocycles. The van der Waals surface area contributed by atoms with Gasteiger partial charge in [0.25, 0.3) is 0 Å². The Hall–Kier alpha value is -0.940. The summed E-state index contributed by atoms with van der Waals surface area (Å²) >= 11 is 5.67. The van der Waals surface area contributed by atoms with Crippen molar-refractivity contribution in [1.82, 2.24) is 0 Å². The van der Waals surface area contributed by atoms with E-state index in [1.807, 2.05) is 0 Å². The van der Waals surface area contributed by atoms with E-state index < -0.39 is 25.6 Å². The number of sulfone groups is 1. The van der Waals surface area contributed by atoms with Crippen LogP contribution in [0.3, 0.4) is 0 Å². The van der Waals surface area contributed by atoms with Crippen molar-refractivity contribution in [1.29, 1.82) is 0 Å². The molecule has 0 aliphatic heterocycles. The van der Waals surface area contributed by atoms with Gasteiger partial charge in [0, 0.05) is 6.26 Å². The fraction of sp³-hybridized carbons (Fsp3) is 0.300. The fourth-order valence-corrected chi connectivity index (χ4v) is 1.60. The predicted molar refractivity (Wildman–Crippen MR) is 59.8 cm³/mol. The van der Waals surface area contributed by atoms with E-state index >= 15 is 0 Å². The molecule has 16 heavy (non-hydrogen) atoms. The first-order valence-corrected chi connectivity index (χ1v) is 6.62. The summed E-state index contributed by atoms with van der Waals surface area (Å²) in [6.45, 7) is 1.04. The normalized spacial score (nSPS) is 15.5. The molecule has 0 spiro atoms. The molecule has 1 atom stereocenters. The van der Waals surface area contributed by atoms with Crippen molar-refractivity contribution in [3.8, 4) is 0 Å². The summed E-state index contributed by atoms with van der Waals surface area (Å²) in [4.78, 5) is 11.8. The summed E-state index contributed by atoms with van der Waals surface area (Å²) in [7, 11) is -3.82. The van der Waals surface area contributed by atoms with Crippen molar-refractivity contribution < 1.29 is 17.6 Å². The van der Waals surface area contributed by atoms with Crippen molar-refractivity contribution in [3.05, 3.63) is 35.6 Å². The van der Waals surface area contributed by atoms with E-state index in [2.05, 4.69) is 0 Å². The van der Waals surface area contributed by atoms with Gasteiger partial charge in [0.2, 0.25) is 9.99 Å². The molecule has 0 aliphatic rings. The minimum atomic E-state index is -3.82. The maximum Gasteiger partial charge on any atom is 0.204 e. The average molecular weight is 265 g/mol. The molecule has 1 rings (SSSR count). The largest absolute Gasteiger partial charge is 0.291 e. The Morgan fingerprint density at radius 3 is 2.31 bits per heavy atom. The highest BCUT2D eigenvalue weighted by molar-refractivity contribution is 7.94. The van der Waals surface area contributed by atoms with Gasteiger partial charge in [0.1, 0.15) is 5.82 Å². The Kier molecular flexibility index (Phi) is 3.40. The Balaban J connectivity index is 3.29. The summed E-state index contributed by atoms with van der Waals surface area (Å²) in [6, 6.07) is 5.11. The number of benzene rings is 1. The van der Waals surface area contributed by atoms with Crippen LogP contribution in [0.5, 0.6) is 0 Å². The van der Waals surface area contributed by atoms with Gasteiger partial charge < -0.3 is 0 Å². The molecular formula is C10H10ClFO3S. The maximum atomic E-state index is 13.3. The lowest BCUT2D eigenvalue weighted by Gasteiger charge is -2.18. The van der Waals surface area contributed by atoms with Gasteiger partial charge in [-0.1, -0.05) is 23.7 Å². The van der Waals surface area contributed by atoms with Gasteiger partial charge in [-0.05, 0) is 19.1 Å². The second-order valence-corrected chi connectivity index (χ2v) is 6.84. The number of carbonyl (C=O) groups is 1. The highest BCUT2D eigenvalue weighted by Crippen LogP contribution is 2.27. The van der Waals surface area contributed by atoms with E-state index in [-0.39, 0.29) is 5.56 Å². The van der Waals surface area contributed by atoms with Crippen LogP contribution in [0.4, 0.5) is 4.39 Å². The number of halogens is 2. The quantitative estimate of drug-likeness (QED) is 0.620. The molecule has 0 N–H and O–H groups in total. The van der Waals surface area contributed by atoms with Gasteiger partial charge >= 0.3 is 0 Å². The van der Waals surface area contributed by atoms with E-state index in [1.54, 1.807) is 0 Å². The third-order valence-corrected chi connectivity index (χ3v) is 4.81. The van der Waals surface area contributed by atoms with Crippen LogP contribution in [-0.2, 0) is 9.84 Å². The first-order valence-electron chi connectivity index (χ1n) is 4.36. The first-order chi connectivity index (χ1) is 7.18. The summed E-state index contributed by atoms with van der Waals surface area (Å²) in [5.74, 6) is -1.75.